The molecule has 7 N–H and O–H groups in total. The number of amidine groups is 1. The molecule has 0 aliphatic rings. The first-order valence-corrected chi connectivity index (χ1v) is 11.9. The Labute approximate surface area is 197 Å². The van der Waals surface area contributed by atoms with Gasteiger partial charge in [0.2, 0.25) is 10.0 Å². The topological polar surface area (TPSA) is 163 Å². The zero-order chi connectivity index (χ0) is 24.7. The molecular formula is C23H26N6O4S. The van der Waals surface area contributed by atoms with Gasteiger partial charge >= 0.3 is 6.03 Å². The van der Waals surface area contributed by atoms with Crippen LogP contribution < -0.4 is 26.6 Å². The molecule has 3 rings (SSSR count). The Balaban J connectivity index is 1.75. The first-order valence-electron chi connectivity index (χ1n) is 10.4. The Morgan fingerprint density at radius 2 is 1.76 bits per heavy atom. The maximum absolute atomic E-state index is 12.6. The van der Waals surface area contributed by atoms with Gasteiger partial charge in [0.15, 0.2) is 5.84 Å². The Hall–Kier alpha value is -4.09. The standard InChI is InChI=1S/C23H26N6O4S/c1-2-14-29(19-7-5-6-17(15-19)22(24)28-31)27-23(30)26-18-12-10-16(11-13-18)20-8-3-4-9-21(20)34(25,32)33/h3-13,15,31H,2,14H2,1H3,(H2,24,28)(H2,25,32,33)(H2,26,27,30). The average molecular weight is 483 g/mol. The van der Waals surface area contributed by atoms with Crippen molar-refractivity contribution in [3.8, 4) is 11.1 Å². The largest absolute Gasteiger partial charge is 0.409 e. The highest BCUT2D eigenvalue weighted by molar-refractivity contribution is 7.89. The van der Waals surface area contributed by atoms with E-state index in [1.807, 2.05) is 6.92 Å². The van der Waals surface area contributed by atoms with Gasteiger partial charge in [0.1, 0.15) is 0 Å². The minimum atomic E-state index is -3.88. The third-order valence-electron chi connectivity index (χ3n) is 4.89. The van der Waals surface area contributed by atoms with Crippen molar-refractivity contribution >= 4 is 33.3 Å². The lowest BCUT2D eigenvalue weighted by Gasteiger charge is -2.25. The van der Waals surface area contributed by atoms with Crippen LogP contribution in [0.4, 0.5) is 16.2 Å². The molecule has 0 aliphatic heterocycles. The van der Waals surface area contributed by atoms with Crippen molar-refractivity contribution in [3.63, 3.8) is 0 Å². The van der Waals surface area contributed by atoms with E-state index in [9.17, 15) is 13.2 Å². The van der Waals surface area contributed by atoms with Crippen molar-refractivity contribution in [2.45, 2.75) is 18.2 Å². The van der Waals surface area contributed by atoms with Crippen molar-refractivity contribution in [1.82, 2.24) is 5.43 Å². The number of urea groups is 1. The minimum absolute atomic E-state index is 0.0257. The normalized spacial score (nSPS) is 11.6. The lowest BCUT2D eigenvalue weighted by Crippen LogP contribution is -2.45. The van der Waals surface area contributed by atoms with E-state index >= 15 is 0 Å². The van der Waals surface area contributed by atoms with Gasteiger partial charge in [0.05, 0.1) is 10.6 Å². The number of amides is 2. The smallest absolute Gasteiger partial charge is 0.338 e. The number of benzene rings is 3. The third kappa shape index (κ3) is 6.03. The maximum atomic E-state index is 12.6. The number of carbonyl (C=O) groups excluding carboxylic acids is 1. The van der Waals surface area contributed by atoms with Gasteiger partial charge in [-0.1, -0.05) is 54.5 Å². The molecule has 0 radical (unpaired) electrons. The molecule has 0 saturated carbocycles. The van der Waals surface area contributed by atoms with Crippen LogP contribution in [0.1, 0.15) is 18.9 Å². The molecule has 0 aliphatic carbocycles. The fourth-order valence-corrected chi connectivity index (χ4v) is 4.09. The summed E-state index contributed by atoms with van der Waals surface area (Å²) in [7, 11) is -3.88. The molecule has 0 bridgehead atoms. The minimum Gasteiger partial charge on any atom is -0.409 e. The molecule has 0 heterocycles. The quantitative estimate of drug-likeness (QED) is 0.143. The van der Waals surface area contributed by atoms with E-state index in [1.165, 1.54) is 6.07 Å². The highest BCUT2D eigenvalue weighted by Crippen LogP contribution is 2.27. The number of hydrogen-bond donors (Lipinski definition) is 5. The summed E-state index contributed by atoms with van der Waals surface area (Å²) in [5.74, 6) is -0.0353. The molecule has 0 fully saturated rings. The van der Waals surface area contributed by atoms with Crippen molar-refractivity contribution < 1.29 is 18.4 Å². The van der Waals surface area contributed by atoms with Gasteiger partial charge in [-0.15, -0.1) is 0 Å². The molecule has 0 aromatic heterocycles. The van der Waals surface area contributed by atoms with Gasteiger partial charge < -0.3 is 16.3 Å². The van der Waals surface area contributed by atoms with Crippen LogP contribution in [0.3, 0.4) is 0 Å². The van der Waals surface area contributed by atoms with Crippen LogP contribution in [0.2, 0.25) is 0 Å². The summed E-state index contributed by atoms with van der Waals surface area (Å²) in [5, 5.41) is 21.6. The molecule has 11 heteroatoms. The van der Waals surface area contributed by atoms with Gasteiger partial charge in [-0.3, -0.25) is 5.01 Å². The highest BCUT2D eigenvalue weighted by Gasteiger charge is 2.15. The van der Waals surface area contributed by atoms with Gasteiger partial charge in [0, 0.05) is 23.4 Å². The number of sulfonamides is 1. The zero-order valence-electron chi connectivity index (χ0n) is 18.5. The molecule has 10 nitrogen and oxygen atoms in total. The summed E-state index contributed by atoms with van der Waals surface area (Å²) in [6, 6.07) is 19.6. The summed E-state index contributed by atoms with van der Waals surface area (Å²) < 4.78 is 23.7. The first-order chi connectivity index (χ1) is 16.2. The molecule has 3 aromatic rings. The molecular weight excluding hydrogens is 456 g/mol. The van der Waals surface area contributed by atoms with Gasteiger partial charge in [-0.25, -0.2) is 23.8 Å². The number of carbonyl (C=O) groups is 1. The summed E-state index contributed by atoms with van der Waals surface area (Å²) in [6.07, 6.45) is 0.756. The predicted octanol–water partition coefficient (Wildman–Crippen LogP) is 3.05. The SMILES string of the molecule is CCCN(NC(=O)Nc1ccc(-c2ccccc2S(N)(=O)=O)cc1)c1cccc(C(N)=NO)c1. The zero-order valence-corrected chi connectivity index (χ0v) is 19.3. The number of nitrogens with two attached hydrogens (primary N) is 2. The van der Waals surface area contributed by atoms with Crippen LogP contribution in [0.25, 0.3) is 11.1 Å². The Kier molecular flexibility index (Phi) is 7.71. The molecule has 0 unspecified atom stereocenters. The number of oxime groups is 1. The van der Waals surface area contributed by atoms with Crippen molar-refractivity contribution in [3.05, 3.63) is 78.4 Å². The first kappa shape index (κ1) is 24.6. The lowest BCUT2D eigenvalue weighted by atomic mass is 10.1. The van der Waals surface area contributed by atoms with E-state index in [0.29, 0.717) is 34.6 Å². The second-order valence-electron chi connectivity index (χ2n) is 7.37. The number of hydrazine groups is 1. The second-order valence-corrected chi connectivity index (χ2v) is 8.90. The van der Waals surface area contributed by atoms with Crippen LogP contribution in [-0.4, -0.2) is 32.0 Å². The molecule has 0 atom stereocenters. The number of hydrogen-bond acceptors (Lipinski definition) is 6. The fourth-order valence-electron chi connectivity index (χ4n) is 3.33. The van der Waals surface area contributed by atoms with Crippen LogP contribution >= 0.6 is 0 Å². The Bertz CT molecular complexity index is 1290. The lowest BCUT2D eigenvalue weighted by molar-refractivity contribution is 0.251. The van der Waals surface area contributed by atoms with Crippen molar-refractivity contribution in [2.24, 2.45) is 16.0 Å². The number of rotatable bonds is 8. The van der Waals surface area contributed by atoms with E-state index in [2.05, 4.69) is 15.9 Å². The summed E-state index contributed by atoms with van der Waals surface area (Å²) >= 11 is 0. The number of anilines is 2. The summed E-state index contributed by atoms with van der Waals surface area (Å²) in [5.41, 5.74) is 11.3. The second kappa shape index (κ2) is 10.7. The summed E-state index contributed by atoms with van der Waals surface area (Å²) in [6.45, 7) is 2.49. The number of nitrogens with one attached hydrogen (secondary N) is 2. The number of nitrogens with zero attached hydrogens (tertiary/aromatic N) is 2. The van der Waals surface area contributed by atoms with Gasteiger partial charge in [0.25, 0.3) is 0 Å². The Morgan fingerprint density at radius 1 is 1.06 bits per heavy atom. The van der Waals surface area contributed by atoms with Gasteiger partial charge in [-0.05, 0) is 42.3 Å². The molecule has 34 heavy (non-hydrogen) atoms. The van der Waals surface area contributed by atoms with E-state index in [-0.39, 0.29) is 10.7 Å². The highest BCUT2D eigenvalue weighted by atomic mass is 32.2. The van der Waals surface area contributed by atoms with Crippen LogP contribution in [0, 0.1) is 0 Å². The summed E-state index contributed by atoms with van der Waals surface area (Å²) in [4.78, 5) is 12.7. The fraction of sp³-hybridized carbons (Fsp3) is 0.130. The van der Waals surface area contributed by atoms with E-state index in [4.69, 9.17) is 16.1 Å². The van der Waals surface area contributed by atoms with Crippen LogP contribution in [-0.2, 0) is 10.0 Å². The third-order valence-corrected chi connectivity index (χ3v) is 5.86. The van der Waals surface area contributed by atoms with Crippen molar-refractivity contribution in [2.75, 3.05) is 16.9 Å². The average Bonchev–Trinajstić information content (AvgIpc) is 2.83. The van der Waals surface area contributed by atoms with E-state index < -0.39 is 16.1 Å². The van der Waals surface area contributed by atoms with Crippen LogP contribution in [0.5, 0.6) is 0 Å². The molecule has 3 aromatic carbocycles. The van der Waals surface area contributed by atoms with Crippen molar-refractivity contribution in [1.29, 1.82) is 0 Å². The van der Waals surface area contributed by atoms with E-state index in [0.717, 1.165) is 6.42 Å². The molecule has 0 spiro atoms. The number of primary sulfonamides is 1. The Morgan fingerprint density at radius 3 is 2.41 bits per heavy atom. The maximum Gasteiger partial charge on any atom is 0.338 e. The predicted molar refractivity (Wildman–Crippen MR) is 132 cm³/mol. The molecule has 2 amide bonds. The molecule has 0 saturated heterocycles. The van der Waals surface area contributed by atoms with Gasteiger partial charge in [-0.2, -0.15) is 0 Å². The monoisotopic (exact) mass is 482 g/mol. The molecule has 178 valence electrons. The van der Waals surface area contributed by atoms with Crippen LogP contribution in [0.15, 0.2) is 82.8 Å². The van der Waals surface area contributed by atoms with E-state index in [1.54, 1.807) is 71.7 Å².